The summed E-state index contributed by atoms with van der Waals surface area (Å²) in [4.78, 5) is 0. The third kappa shape index (κ3) is 3.69. The van der Waals surface area contributed by atoms with E-state index in [0.29, 0.717) is 12.5 Å². The summed E-state index contributed by atoms with van der Waals surface area (Å²) in [6, 6.07) is 21.6. The van der Waals surface area contributed by atoms with Gasteiger partial charge >= 0.3 is 0 Å². The zero-order chi connectivity index (χ0) is 19.7. The molecule has 0 aliphatic carbocycles. The molecule has 0 radical (unpaired) electrons. The summed E-state index contributed by atoms with van der Waals surface area (Å²) >= 11 is 0. The van der Waals surface area contributed by atoms with Crippen LogP contribution in [-0.2, 0) is 9.16 Å². The van der Waals surface area contributed by atoms with Gasteiger partial charge in [-0.3, -0.25) is 0 Å². The molecular formula is C24H32O2Si. The molecule has 0 spiro atoms. The van der Waals surface area contributed by atoms with Crippen LogP contribution < -0.4 is 10.4 Å². The Balaban J connectivity index is 1.98. The number of rotatable bonds is 7. The van der Waals surface area contributed by atoms with Crippen LogP contribution in [0.5, 0.6) is 0 Å². The van der Waals surface area contributed by atoms with Crippen molar-refractivity contribution < 1.29 is 9.16 Å². The van der Waals surface area contributed by atoms with Crippen molar-refractivity contribution in [1.82, 2.24) is 0 Å². The van der Waals surface area contributed by atoms with Gasteiger partial charge in [0, 0.05) is 12.5 Å². The molecule has 27 heavy (non-hydrogen) atoms. The van der Waals surface area contributed by atoms with Crippen LogP contribution in [0, 0.1) is 5.92 Å². The zero-order valence-corrected chi connectivity index (χ0v) is 18.2. The first-order valence-corrected chi connectivity index (χ1v) is 11.7. The van der Waals surface area contributed by atoms with E-state index in [9.17, 15) is 0 Å². The van der Waals surface area contributed by atoms with Crippen molar-refractivity contribution >= 4 is 18.7 Å². The molecular weight excluding hydrogens is 348 g/mol. The molecule has 1 aliphatic rings. The van der Waals surface area contributed by atoms with Gasteiger partial charge in [0.1, 0.15) is 5.60 Å². The lowest BCUT2D eigenvalue weighted by atomic mass is 9.98. The van der Waals surface area contributed by atoms with E-state index < -0.39 is 8.32 Å². The van der Waals surface area contributed by atoms with Crippen molar-refractivity contribution in [2.45, 2.75) is 51.4 Å². The van der Waals surface area contributed by atoms with Gasteiger partial charge in [-0.05, 0) is 22.3 Å². The Morgan fingerprint density at radius 2 is 1.56 bits per heavy atom. The molecule has 0 aromatic heterocycles. The highest BCUT2D eigenvalue weighted by molar-refractivity contribution is 6.99. The Kier molecular flexibility index (Phi) is 5.49. The molecule has 0 unspecified atom stereocenters. The summed E-state index contributed by atoms with van der Waals surface area (Å²) in [6.07, 6.45) is 2.10. The van der Waals surface area contributed by atoms with Gasteiger partial charge < -0.3 is 9.16 Å². The molecule has 2 nitrogen and oxygen atoms in total. The smallest absolute Gasteiger partial charge is 0.261 e. The molecule has 0 bridgehead atoms. The third-order valence-electron chi connectivity index (χ3n) is 5.79. The Bertz CT molecular complexity index is 726. The van der Waals surface area contributed by atoms with Crippen molar-refractivity contribution in [3.8, 4) is 0 Å². The molecule has 3 heteroatoms. The Morgan fingerprint density at radius 1 is 1.07 bits per heavy atom. The molecule has 0 saturated carbocycles. The minimum atomic E-state index is -2.47. The van der Waals surface area contributed by atoms with Crippen LogP contribution in [0.25, 0.3) is 0 Å². The standard InChI is InChI=1S/C24H32O2Si/c1-7-24(6)22(26-24)19(2)18-25-27(23(3,4)5,20-14-10-8-11-15-20)21-16-12-9-13-17-21/h7-17,19,22H,1,18H2,2-6H3/t19-,22+,24+/m1/s1. The second-order valence-electron chi connectivity index (χ2n) is 8.88. The van der Waals surface area contributed by atoms with Gasteiger partial charge in [0.25, 0.3) is 8.32 Å². The lowest BCUT2D eigenvalue weighted by Gasteiger charge is -2.43. The second-order valence-corrected chi connectivity index (χ2v) is 13.2. The van der Waals surface area contributed by atoms with E-state index in [4.69, 9.17) is 9.16 Å². The maximum absolute atomic E-state index is 6.99. The highest BCUT2D eigenvalue weighted by atomic mass is 28.4. The van der Waals surface area contributed by atoms with Crippen LogP contribution in [0.1, 0.15) is 34.6 Å². The number of hydrogen-bond acceptors (Lipinski definition) is 2. The SMILES string of the molecule is C=C[C@]1(C)O[C@H]1[C@H](C)CO[Si](c1ccccc1)(c1ccccc1)C(C)(C)C. The molecule has 0 N–H and O–H groups in total. The molecule has 3 atom stereocenters. The second kappa shape index (κ2) is 7.38. The van der Waals surface area contributed by atoms with E-state index in [1.165, 1.54) is 10.4 Å². The number of benzene rings is 2. The third-order valence-corrected chi connectivity index (χ3v) is 10.8. The van der Waals surface area contributed by atoms with E-state index in [1.807, 2.05) is 6.08 Å². The summed E-state index contributed by atoms with van der Waals surface area (Å²) in [6.45, 7) is 15.8. The first-order chi connectivity index (χ1) is 12.7. The van der Waals surface area contributed by atoms with Crippen molar-refractivity contribution in [2.24, 2.45) is 5.92 Å². The van der Waals surface area contributed by atoms with Crippen molar-refractivity contribution in [1.29, 1.82) is 0 Å². The van der Waals surface area contributed by atoms with Gasteiger partial charge in [0.2, 0.25) is 0 Å². The van der Waals surface area contributed by atoms with Crippen LogP contribution in [-0.4, -0.2) is 26.6 Å². The average Bonchev–Trinajstić information content (AvgIpc) is 3.35. The molecule has 1 heterocycles. The predicted molar refractivity (Wildman–Crippen MR) is 116 cm³/mol. The first-order valence-electron chi connectivity index (χ1n) is 9.81. The predicted octanol–water partition coefficient (Wildman–Crippen LogP) is 4.54. The molecule has 0 amide bonds. The number of ether oxygens (including phenoxy) is 1. The molecule has 2 aromatic carbocycles. The first kappa shape index (κ1) is 20.1. The maximum Gasteiger partial charge on any atom is 0.261 e. The summed E-state index contributed by atoms with van der Waals surface area (Å²) in [5.41, 5.74) is -0.200. The van der Waals surface area contributed by atoms with Crippen molar-refractivity contribution in [3.63, 3.8) is 0 Å². The maximum atomic E-state index is 6.99. The van der Waals surface area contributed by atoms with Gasteiger partial charge in [0.05, 0.1) is 6.10 Å². The highest BCUT2D eigenvalue weighted by Gasteiger charge is 2.55. The van der Waals surface area contributed by atoms with E-state index >= 15 is 0 Å². The zero-order valence-electron chi connectivity index (χ0n) is 17.2. The van der Waals surface area contributed by atoms with Crippen LogP contribution in [0.4, 0.5) is 0 Å². The monoisotopic (exact) mass is 380 g/mol. The normalized spacial score (nSPS) is 23.7. The fraction of sp³-hybridized carbons (Fsp3) is 0.417. The molecule has 2 aromatic rings. The van der Waals surface area contributed by atoms with E-state index in [2.05, 4.69) is 102 Å². The number of hydrogen-bond donors (Lipinski definition) is 0. The van der Waals surface area contributed by atoms with E-state index in [1.54, 1.807) is 0 Å². The molecule has 1 aliphatic heterocycles. The number of epoxide rings is 1. The van der Waals surface area contributed by atoms with Gasteiger partial charge in [-0.1, -0.05) is 94.4 Å². The Morgan fingerprint density at radius 3 is 1.93 bits per heavy atom. The van der Waals surface area contributed by atoms with Crippen molar-refractivity contribution in [3.05, 3.63) is 73.3 Å². The van der Waals surface area contributed by atoms with Gasteiger partial charge in [-0.15, -0.1) is 6.58 Å². The van der Waals surface area contributed by atoms with Gasteiger partial charge in [-0.2, -0.15) is 0 Å². The Hall–Kier alpha value is -1.68. The summed E-state index contributed by atoms with van der Waals surface area (Å²) in [7, 11) is -2.47. The van der Waals surface area contributed by atoms with Crippen molar-refractivity contribution in [2.75, 3.05) is 6.61 Å². The van der Waals surface area contributed by atoms with E-state index in [-0.39, 0.29) is 16.7 Å². The van der Waals surface area contributed by atoms with Gasteiger partial charge in [-0.25, -0.2) is 0 Å². The fourth-order valence-electron chi connectivity index (χ4n) is 4.19. The summed E-state index contributed by atoms with van der Waals surface area (Å²) in [5, 5.41) is 2.64. The minimum Gasteiger partial charge on any atom is -0.407 e. The molecule has 3 rings (SSSR count). The summed E-state index contributed by atoms with van der Waals surface area (Å²) < 4.78 is 12.9. The fourth-order valence-corrected chi connectivity index (χ4v) is 8.86. The molecule has 1 fully saturated rings. The molecule has 144 valence electrons. The van der Waals surface area contributed by atoms with Crippen LogP contribution in [0.2, 0.25) is 5.04 Å². The quantitative estimate of drug-likeness (QED) is 0.399. The Labute approximate surface area is 165 Å². The lowest BCUT2D eigenvalue weighted by molar-refractivity contribution is 0.211. The van der Waals surface area contributed by atoms with Crippen LogP contribution >= 0.6 is 0 Å². The summed E-state index contributed by atoms with van der Waals surface area (Å²) in [5.74, 6) is 0.314. The lowest BCUT2D eigenvalue weighted by Crippen LogP contribution is -2.67. The van der Waals surface area contributed by atoms with Gasteiger partial charge in [0.15, 0.2) is 0 Å². The average molecular weight is 381 g/mol. The highest BCUT2D eigenvalue weighted by Crippen LogP contribution is 2.43. The topological polar surface area (TPSA) is 21.8 Å². The van der Waals surface area contributed by atoms with E-state index in [0.717, 1.165) is 0 Å². The minimum absolute atomic E-state index is 0.00156. The van der Waals surface area contributed by atoms with Crippen LogP contribution in [0.15, 0.2) is 73.3 Å². The molecule has 1 saturated heterocycles. The largest absolute Gasteiger partial charge is 0.407 e. The van der Waals surface area contributed by atoms with Crippen LogP contribution in [0.3, 0.4) is 0 Å².